The summed E-state index contributed by atoms with van der Waals surface area (Å²) in [6.07, 6.45) is 0. The van der Waals surface area contributed by atoms with E-state index in [0.717, 1.165) is 38.4 Å². The Balaban J connectivity index is 1.69. The van der Waals surface area contributed by atoms with Gasteiger partial charge < -0.3 is 9.30 Å². The molecule has 0 fully saturated rings. The molecule has 0 aliphatic carbocycles. The van der Waals surface area contributed by atoms with Gasteiger partial charge in [0.25, 0.3) is 0 Å². The van der Waals surface area contributed by atoms with Crippen LogP contribution in [0, 0.1) is 19.7 Å². The van der Waals surface area contributed by atoms with Gasteiger partial charge in [-0.3, -0.25) is 0 Å². The third-order valence-corrected chi connectivity index (χ3v) is 6.22. The Bertz CT molecular complexity index is 971. The van der Waals surface area contributed by atoms with Gasteiger partial charge in [-0.25, -0.2) is 4.39 Å². The van der Waals surface area contributed by atoms with Crippen LogP contribution in [-0.2, 0) is 18.9 Å². The van der Waals surface area contributed by atoms with Crippen molar-refractivity contribution in [3.8, 4) is 5.75 Å². The molecule has 3 rings (SSSR count). The number of aromatic nitrogens is 3. The van der Waals surface area contributed by atoms with Gasteiger partial charge in [-0.2, -0.15) is 0 Å². The van der Waals surface area contributed by atoms with Crippen molar-refractivity contribution in [2.45, 2.75) is 44.8 Å². The Kier molecular flexibility index (Phi) is 6.86. The van der Waals surface area contributed by atoms with E-state index in [9.17, 15) is 4.39 Å². The third kappa shape index (κ3) is 4.80. The number of benzene rings is 2. The van der Waals surface area contributed by atoms with Crippen molar-refractivity contribution in [2.75, 3.05) is 0 Å². The number of thioether (sulfide) groups is 1. The SMILES string of the molecule is CCn1c(COc2cc(C)c(Cl)c(C)c2)nnc1SCc1ccc(F)cc1Cl. The van der Waals surface area contributed by atoms with E-state index in [1.807, 2.05) is 37.5 Å². The number of hydrogen-bond donors (Lipinski definition) is 0. The standard InChI is InChI=1S/C20H20Cl2FN3OS/c1-4-26-18(10-27-16-7-12(2)19(22)13(3)8-16)24-25-20(26)28-11-14-5-6-15(23)9-17(14)21/h5-9H,4,10-11H2,1-3H3. The van der Waals surface area contributed by atoms with Crippen LogP contribution in [0.25, 0.3) is 0 Å². The van der Waals surface area contributed by atoms with Crippen molar-refractivity contribution in [3.05, 3.63) is 68.7 Å². The maximum Gasteiger partial charge on any atom is 0.191 e. The molecule has 148 valence electrons. The first kappa shape index (κ1) is 21.0. The third-order valence-electron chi connectivity index (χ3n) is 4.26. The van der Waals surface area contributed by atoms with Gasteiger partial charge in [-0.1, -0.05) is 41.0 Å². The average molecular weight is 440 g/mol. The summed E-state index contributed by atoms with van der Waals surface area (Å²) in [5, 5.41) is 10.5. The summed E-state index contributed by atoms with van der Waals surface area (Å²) in [7, 11) is 0. The Morgan fingerprint density at radius 2 is 1.82 bits per heavy atom. The first-order valence-electron chi connectivity index (χ1n) is 8.77. The number of ether oxygens (including phenoxy) is 1. The van der Waals surface area contributed by atoms with E-state index in [2.05, 4.69) is 10.2 Å². The van der Waals surface area contributed by atoms with Crippen LogP contribution < -0.4 is 4.74 Å². The molecule has 0 bridgehead atoms. The van der Waals surface area contributed by atoms with E-state index in [0.29, 0.717) is 23.9 Å². The summed E-state index contributed by atoms with van der Waals surface area (Å²) in [6, 6.07) is 8.23. The van der Waals surface area contributed by atoms with Crippen molar-refractivity contribution in [1.82, 2.24) is 14.8 Å². The van der Waals surface area contributed by atoms with E-state index < -0.39 is 0 Å². The minimum Gasteiger partial charge on any atom is -0.486 e. The molecule has 0 radical (unpaired) electrons. The van der Waals surface area contributed by atoms with Gasteiger partial charge in [0.2, 0.25) is 0 Å². The molecule has 0 aliphatic rings. The normalized spacial score (nSPS) is 11.1. The predicted molar refractivity (Wildman–Crippen MR) is 112 cm³/mol. The lowest BCUT2D eigenvalue weighted by Gasteiger charge is -2.11. The molecule has 0 saturated carbocycles. The second-order valence-corrected chi connectivity index (χ2v) is 8.05. The van der Waals surface area contributed by atoms with E-state index >= 15 is 0 Å². The summed E-state index contributed by atoms with van der Waals surface area (Å²) in [5.74, 6) is 1.72. The van der Waals surface area contributed by atoms with Crippen LogP contribution in [-0.4, -0.2) is 14.8 Å². The van der Waals surface area contributed by atoms with Gasteiger partial charge in [0.15, 0.2) is 11.0 Å². The second-order valence-electron chi connectivity index (χ2n) is 6.33. The van der Waals surface area contributed by atoms with Crippen LogP contribution in [0.4, 0.5) is 4.39 Å². The number of nitrogens with zero attached hydrogens (tertiary/aromatic N) is 3. The summed E-state index contributed by atoms with van der Waals surface area (Å²) in [5.41, 5.74) is 2.80. The monoisotopic (exact) mass is 439 g/mol. The summed E-state index contributed by atoms with van der Waals surface area (Å²) >= 11 is 13.8. The lowest BCUT2D eigenvalue weighted by atomic mass is 10.1. The minimum atomic E-state index is -0.345. The molecule has 1 aromatic heterocycles. The van der Waals surface area contributed by atoms with Crippen LogP contribution in [0.5, 0.6) is 5.75 Å². The highest BCUT2D eigenvalue weighted by Gasteiger charge is 2.14. The number of halogens is 3. The molecule has 0 spiro atoms. The van der Waals surface area contributed by atoms with Gasteiger partial charge >= 0.3 is 0 Å². The highest BCUT2D eigenvalue weighted by molar-refractivity contribution is 7.98. The molecule has 3 aromatic rings. The minimum absolute atomic E-state index is 0.305. The lowest BCUT2D eigenvalue weighted by molar-refractivity contribution is 0.288. The Labute approximate surface area is 178 Å². The summed E-state index contributed by atoms with van der Waals surface area (Å²) < 4.78 is 21.1. The van der Waals surface area contributed by atoms with E-state index in [1.54, 1.807) is 6.07 Å². The first-order chi connectivity index (χ1) is 13.4. The largest absolute Gasteiger partial charge is 0.486 e. The zero-order valence-corrected chi connectivity index (χ0v) is 18.1. The molecule has 28 heavy (non-hydrogen) atoms. The zero-order chi connectivity index (χ0) is 20.3. The molecule has 0 atom stereocenters. The second kappa shape index (κ2) is 9.16. The molecule has 0 aliphatic heterocycles. The quantitative estimate of drug-likeness (QED) is 0.408. The summed E-state index contributed by atoms with van der Waals surface area (Å²) in [6.45, 7) is 6.94. The van der Waals surface area contributed by atoms with Gasteiger partial charge in [0.05, 0.1) is 0 Å². The molecular formula is C20H20Cl2FN3OS. The van der Waals surface area contributed by atoms with Crippen molar-refractivity contribution in [2.24, 2.45) is 0 Å². The fraction of sp³-hybridized carbons (Fsp3) is 0.300. The van der Waals surface area contributed by atoms with Crippen molar-refractivity contribution >= 4 is 35.0 Å². The van der Waals surface area contributed by atoms with Gasteiger partial charge in [-0.15, -0.1) is 10.2 Å². The van der Waals surface area contributed by atoms with E-state index in [4.69, 9.17) is 27.9 Å². The number of hydrogen-bond acceptors (Lipinski definition) is 4. The maximum absolute atomic E-state index is 13.2. The molecule has 0 N–H and O–H groups in total. The van der Waals surface area contributed by atoms with Crippen LogP contribution in [0.3, 0.4) is 0 Å². The van der Waals surface area contributed by atoms with Crippen molar-refractivity contribution in [1.29, 1.82) is 0 Å². The maximum atomic E-state index is 13.2. The van der Waals surface area contributed by atoms with Gasteiger partial charge in [0.1, 0.15) is 18.2 Å². The van der Waals surface area contributed by atoms with Gasteiger partial charge in [0, 0.05) is 22.3 Å². The van der Waals surface area contributed by atoms with E-state index in [1.165, 1.54) is 23.9 Å². The van der Waals surface area contributed by atoms with Crippen molar-refractivity contribution in [3.63, 3.8) is 0 Å². The summed E-state index contributed by atoms with van der Waals surface area (Å²) in [4.78, 5) is 0. The molecule has 0 unspecified atom stereocenters. The highest BCUT2D eigenvalue weighted by atomic mass is 35.5. The number of aryl methyl sites for hydroxylation is 2. The van der Waals surface area contributed by atoms with E-state index in [-0.39, 0.29) is 5.82 Å². The molecule has 0 saturated heterocycles. The average Bonchev–Trinajstić information content (AvgIpc) is 3.05. The lowest BCUT2D eigenvalue weighted by Crippen LogP contribution is -2.07. The molecule has 2 aromatic carbocycles. The van der Waals surface area contributed by atoms with Crippen LogP contribution in [0.2, 0.25) is 10.0 Å². The zero-order valence-electron chi connectivity index (χ0n) is 15.8. The Morgan fingerprint density at radius 1 is 1.11 bits per heavy atom. The smallest absolute Gasteiger partial charge is 0.191 e. The highest BCUT2D eigenvalue weighted by Crippen LogP contribution is 2.28. The van der Waals surface area contributed by atoms with Crippen LogP contribution >= 0.6 is 35.0 Å². The predicted octanol–water partition coefficient (Wildman–Crippen LogP) is 6.23. The van der Waals surface area contributed by atoms with Crippen molar-refractivity contribution < 1.29 is 9.13 Å². The fourth-order valence-electron chi connectivity index (χ4n) is 2.77. The molecule has 1 heterocycles. The molecule has 4 nitrogen and oxygen atoms in total. The molecule has 8 heteroatoms. The number of rotatable bonds is 7. The van der Waals surface area contributed by atoms with Crippen LogP contribution in [0.1, 0.15) is 29.4 Å². The topological polar surface area (TPSA) is 39.9 Å². The molecular weight excluding hydrogens is 420 g/mol. The molecule has 0 amide bonds. The fourth-order valence-corrected chi connectivity index (χ4v) is 4.22. The van der Waals surface area contributed by atoms with Gasteiger partial charge in [-0.05, 0) is 61.7 Å². The first-order valence-corrected chi connectivity index (χ1v) is 10.5. The Hall–Kier alpha value is -1.76. The Morgan fingerprint density at radius 3 is 2.46 bits per heavy atom. The van der Waals surface area contributed by atoms with Crippen LogP contribution in [0.15, 0.2) is 35.5 Å².